The number of rotatable bonds is 5. The van der Waals surface area contributed by atoms with Crippen LogP contribution < -0.4 is 0 Å². The first kappa shape index (κ1) is 17.3. The molecule has 0 spiro atoms. The summed E-state index contributed by atoms with van der Waals surface area (Å²) < 4.78 is 37.9. The van der Waals surface area contributed by atoms with Gasteiger partial charge >= 0.3 is 0 Å². The van der Waals surface area contributed by atoms with Gasteiger partial charge in [0.2, 0.25) is 0 Å². The number of benzene rings is 2. The maximum Gasteiger partial charge on any atom is 0.253 e. The molecule has 6 heteroatoms. The van der Waals surface area contributed by atoms with E-state index in [1.54, 1.807) is 37.6 Å². The number of carbonyl (C=O) groups excluding carboxylic acids is 1. The van der Waals surface area contributed by atoms with E-state index in [1.165, 1.54) is 11.0 Å². The average molecular weight is 337 g/mol. The van der Waals surface area contributed by atoms with Crippen LogP contribution in [0.25, 0.3) is 0 Å². The van der Waals surface area contributed by atoms with Crippen molar-refractivity contribution in [2.45, 2.75) is 12.3 Å². The van der Waals surface area contributed by atoms with E-state index in [-0.39, 0.29) is 18.0 Å². The molecule has 23 heavy (non-hydrogen) atoms. The maximum atomic E-state index is 13.7. The zero-order chi connectivity index (χ0) is 17.0. The molecule has 0 aliphatic carbocycles. The summed E-state index contributed by atoms with van der Waals surface area (Å²) in [5.74, 6) is -1.24. The summed E-state index contributed by atoms with van der Waals surface area (Å²) in [6.07, 6.45) is 1.60. The van der Waals surface area contributed by atoms with Crippen molar-refractivity contribution in [1.29, 1.82) is 0 Å². The Kier molecular flexibility index (Phi) is 5.60. The molecule has 0 heterocycles. The zero-order valence-electron chi connectivity index (χ0n) is 12.9. The molecule has 2 rings (SSSR count). The van der Waals surface area contributed by atoms with Crippen LogP contribution in [0.1, 0.15) is 21.5 Å². The average Bonchev–Trinajstić information content (AvgIpc) is 2.49. The summed E-state index contributed by atoms with van der Waals surface area (Å²) in [4.78, 5) is 13.8. The number of amides is 1. The van der Waals surface area contributed by atoms with E-state index in [0.29, 0.717) is 11.3 Å². The van der Waals surface area contributed by atoms with Gasteiger partial charge in [-0.2, -0.15) is 0 Å². The molecule has 1 atom stereocenters. The molecule has 0 bridgehead atoms. The highest BCUT2D eigenvalue weighted by Gasteiger charge is 2.15. The van der Waals surface area contributed by atoms with Crippen LogP contribution in [0.4, 0.5) is 8.78 Å². The third-order valence-corrected chi connectivity index (χ3v) is 4.05. The van der Waals surface area contributed by atoms with E-state index in [2.05, 4.69) is 0 Å². The fourth-order valence-corrected chi connectivity index (χ4v) is 2.88. The quantitative estimate of drug-likeness (QED) is 0.841. The Balaban J connectivity index is 2.14. The van der Waals surface area contributed by atoms with Gasteiger partial charge in [-0.05, 0) is 23.8 Å². The second kappa shape index (κ2) is 7.46. The van der Waals surface area contributed by atoms with E-state index in [1.807, 2.05) is 0 Å². The molecule has 0 aliphatic rings. The number of halogens is 2. The summed E-state index contributed by atoms with van der Waals surface area (Å²) in [7, 11) is 0.556. The molecule has 1 amide bonds. The van der Waals surface area contributed by atoms with Crippen molar-refractivity contribution in [1.82, 2.24) is 4.90 Å². The monoisotopic (exact) mass is 337 g/mol. The van der Waals surface area contributed by atoms with Crippen molar-refractivity contribution >= 4 is 16.7 Å². The summed E-state index contributed by atoms with van der Waals surface area (Å²) >= 11 is 0. The van der Waals surface area contributed by atoms with Gasteiger partial charge in [0.25, 0.3) is 5.91 Å². The molecular weight excluding hydrogens is 320 g/mol. The van der Waals surface area contributed by atoms with Crippen LogP contribution in [0.2, 0.25) is 0 Å². The van der Waals surface area contributed by atoms with Gasteiger partial charge in [0.1, 0.15) is 11.6 Å². The topological polar surface area (TPSA) is 37.4 Å². The first-order valence-electron chi connectivity index (χ1n) is 6.95. The Hall–Kier alpha value is -2.08. The van der Waals surface area contributed by atoms with Crippen LogP contribution in [-0.2, 0) is 23.1 Å². The van der Waals surface area contributed by atoms with Crippen LogP contribution in [-0.4, -0.2) is 28.3 Å². The van der Waals surface area contributed by atoms with Crippen LogP contribution in [0.15, 0.2) is 42.5 Å². The Morgan fingerprint density at radius 1 is 1.17 bits per heavy atom. The number of hydrogen-bond donors (Lipinski definition) is 0. The molecule has 2 aromatic rings. The largest absolute Gasteiger partial charge is 0.337 e. The summed E-state index contributed by atoms with van der Waals surface area (Å²) in [5, 5.41) is 0. The Morgan fingerprint density at radius 2 is 1.91 bits per heavy atom. The van der Waals surface area contributed by atoms with Crippen molar-refractivity contribution in [3.8, 4) is 0 Å². The van der Waals surface area contributed by atoms with Crippen LogP contribution in [0, 0.1) is 11.6 Å². The SMILES string of the molecule is CN(Cc1ccc(F)cc1F)C(=O)c1cccc(CS(C)=O)c1. The van der Waals surface area contributed by atoms with Crippen molar-refractivity contribution in [2.75, 3.05) is 13.3 Å². The normalized spacial score (nSPS) is 12.0. The van der Waals surface area contributed by atoms with E-state index in [4.69, 9.17) is 0 Å². The third-order valence-electron chi connectivity index (χ3n) is 3.31. The maximum absolute atomic E-state index is 13.7. The molecule has 0 saturated heterocycles. The summed E-state index contributed by atoms with van der Waals surface area (Å²) in [6, 6.07) is 10.1. The van der Waals surface area contributed by atoms with E-state index in [9.17, 15) is 17.8 Å². The van der Waals surface area contributed by atoms with Crippen molar-refractivity contribution < 1.29 is 17.8 Å². The second-order valence-electron chi connectivity index (χ2n) is 5.31. The van der Waals surface area contributed by atoms with Gasteiger partial charge < -0.3 is 4.90 Å². The predicted octanol–water partition coefficient (Wildman–Crippen LogP) is 3.12. The lowest BCUT2D eigenvalue weighted by Crippen LogP contribution is -2.26. The molecule has 0 saturated carbocycles. The van der Waals surface area contributed by atoms with Crippen LogP contribution >= 0.6 is 0 Å². The van der Waals surface area contributed by atoms with Gasteiger partial charge in [-0.1, -0.05) is 18.2 Å². The standard InChI is InChI=1S/C17H17F2NO2S/c1-20(10-14-6-7-15(18)9-16(14)19)17(21)13-5-3-4-12(8-13)11-23(2)22/h3-9H,10-11H2,1-2H3. The highest BCUT2D eigenvalue weighted by Crippen LogP contribution is 2.14. The van der Waals surface area contributed by atoms with E-state index in [0.717, 1.165) is 17.7 Å². The molecular formula is C17H17F2NO2S. The number of hydrogen-bond acceptors (Lipinski definition) is 2. The molecule has 0 fully saturated rings. The minimum absolute atomic E-state index is 0.0366. The molecule has 2 aromatic carbocycles. The second-order valence-corrected chi connectivity index (χ2v) is 6.75. The predicted molar refractivity (Wildman–Crippen MR) is 86.4 cm³/mol. The Labute approximate surface area is 136 Å². The van der Waals surface area contributed by atoms with E-state index < -0.39 is 22.4 Å². The fraction of sp³-hybridized carbons (Fsp3) is 0.235. The van der Waals surface area contributed by atoms with Gasteiger partial charge in [-0.15, -0.1) is 0 Å². The first-order valence-corrected chi connectivity index (χ1v) is 8.68. The smallest absolute Gasteiger partial charge is 0.253 e. The van der Waals surface area contributed by atoms with Crippen LogP contribution in [0.5, 0.6) is 0 Å². The number of nitrogens with zero attached hydrogens (tertiary/aromatic N) is 1. The lowest BCUT2D eigenvalue weighted by molar-refractivity contribution is 0.0783. The number of carbonyl (C=O) groups is 1. The van der Waals surface area contributed by atoms with Gasteiger partial charge in [0.05, 0.1) is 0 Å². The lowest BCUT2D eigenvalue weighted by Gasteiger charge is -2.18. The molecule has 122 valence electrons. The molecule has 1 unspecified atom stereocenters. The van der Waals surface area contributed by atoms with Crippen molar-refractivity contribution in [3.63, 3.8) is 0 Å². The first-order chi connectivity index (χ1) is 10.9. The zero-order valence-corrected chi connectivity index (χ0v) is 13.7. The molecule has 0 N–H and O–H groups in total. The molecule has 0 aliphatic heterocycles. The van der Waals surface area contributed by atoms with Crippen molar-refractivity contribution in [3.05, 3.63) is 70.8 Å². The van der Waals surface area contributed by atoms with Gasteiger partial charge in [-0.3, -0.25) is 9.00 Å². The van der Waals surface area contributed by atoms with Gasteiger partial charge in [0, 0.05) is 53.6 Å². The lowest BCUT2D eigenvalue weighted by atomic mass is 10.1. The minimum Gasteiger partial charge on any atom is -0.337 e. The van der Waals surface area contributed by atoms with Crippen molar-refractivity contribution in [2.24, 2.45) is 0 Å². The summed E-state index contributed by atoms with van der Waals surface area (Å²) in [5.41, 5.74) is 1.49. The Bertz CT molecular complexity index is 749. The highest BCUT2D eigenvalue weighted by molar-refractivity contribution is 7.83. The Morgan fingerprint density at radius 3 is 2.57 bits per heavy atom. The fourth-order valence-electron chi connectivity index (χ4n) is 2.23. The third kappa shape index (κ3) is 4.69. The van der Waals surface area contributed by atoms with E-state index >= 15 is 0 Å². The van der Waals surface area contributed by atoms with Gasteiger partial charge in [0.15, 0.2) is 0 Å². The minimum atomic E-state index is -0.996. The highest BCUT2D eigenvalue weighted by atomic mass is 32.2. The van der Waals surface area contributed by atoms with Crippen LogP contribution in [0.3, 0.4) is 0 Å². The molecule has 0 aromatic heterocycles. The van der Waals surface area contributed by atoms with Gasteiger partial charge in [-0.25, -0.2) is 8.78 Å². The molecule has 0 radical (unpaired) electrons. The summed E-state index contributed by atoms with van der Waals surface area (Å²) in [6.45, 7) is 0.0366. The molecule has 3 nitrogen and oxygen atoms in total.